The molecule has 1 aromatic heterocycles. The molecule has 16 heavy (non-hydrogen) atoms. The monoisotopic (exact) mass is 233 g/mol. The van der Waals surface area contributed by atoms with Gasteiger partial charge in [0.05, 0.1) is 0 Å². The quantitative estimate of drug-likeness (QED) is 0.613. The molecule has 0 bridgehead atoms. The highest BCUT2D eigenvalue weighted by Gasteiger charge is 2.01. The molecule has 0 spiro atoms. The molecule has 0 saturated heterocycles. The Balaban J connectivity index is 2.30. The normalized spacial score (nSPS) is 10.3. The van der Waals surface area contributed by atoms with Gasteiger partial charge in [-0.25, -0.2) is 4.98 Å². The average Bonchev–Trinajstić information content (AvgIpc) is 2.15. The van der Waals surface area contributed by atoms with Crippen LogP contribution in [-0.4, -0.2) is 9.97 Å². The van der Waals surface area contributed by atoms with Crippen LogP contribution in [-0.2, 0) is 0 Å². The predicted molar refractivity (Wildman–Crippen MR) is 64.6 cm³/mol. The second-order valence-corrected chi connectivity index (χ2v) is 4.48. The lowest BCUT2D eigenvalue weighted by Gasteiger charge is -2.03. The summed E-state index contributed by atoms with van der Waals surface area (Å²) >= 11 is 1.38. The van der Waals surface area contributed by atoms with Gasteiger partial charge in [-0.05, 0) is 30.7 Å². The van der Waals surface area contributed by atoms with Gasteiger partial charge in [-0.3, -0.25) is 4.79 Å². The van der Waals surface area contributed by atoms with E-state index in [9.17, 15) is 4.79 Å². The Hall–Kier alpha value is -1.75. The first-order valence-corrected chi connectivity index (χ1v) is 5.55. The minimum atomic E-state index is -0.155. The maximum absolute atomic E-state index is 11.1. The summed E-state index contributed by atoms with van der Waals surface area (Å²) < 4.78 is 0. The van der Waals surface area contributed by atoms with Crippen LogP contribution < -0.4 is 11.3 Å². The van der Waals surface area contributed by atoms with Crippen LogP contribution in [0, 0.1) is 6.92 Å². The summed E-state index contributed by atoms with van der Waals surface area (Å²) in [7, 11) is 0. The number of nitrogens with one attached hydrogen (secondary N) is 1. The summed E-state index contributed by atoms with van der Waals surface area (Å²) in [4.78, 5) is 18.8. The van der Waals surface area contributed by atoms with Crippen molar-refractivity contribution in [1.82, 2.24) is 9.97 Å². The average molecular weight is 233 g/mol. The third-order valence-corrected chi connectivity index (χ3v) is 2.81. The molecular weight excluding hydrogens is 222 g/mol. The van der Waals surface area contributed by atoms with Gasteiger partial charge < -0.3 is 10.7 Å². The Morgan fingerprint density at radius 2 is 2.19 bits per heavy atom. The van der Waals surface area contributed by atoms with E-state index in [-0.39, 0.29) is 5.56 Å². The maximum Gasteiger partial charge on any atom is 0.251 e. The molecule has 0 atom stereocenters. The zero-order valence-corrected chi connectivity index (χ0v) is 9.54. The van der Waals surface area contributed by atoms with Crippen LogP contribution in [0.2, 0.25) is 0 Å². The van der Waals surface area contributed by atoms with Crippen molar-refractivity contribution in [2.75, 3.05) is 5.73 Å². The van der Waals surface area contributed by atoms with Crippen LogP contribution in [0.3, 0.4) is 0 Å². The smallest absolute Gasteiger partial charge is 0.251 e. The lowest BCUT2D eigenvalue weighted by Crippen LogP contribution is -2.04. The van der Waals surface area contributed by atoms with E-state index in [1.807, 2.05) is 25.1 Å². The van der Waals surface area contributed by atoms with Gasteiger partial charge in [-0.2, -0.15) is 0 Å². The second-order valence-electron chi connectivity index (χ2n) is 3.42. The van der Waals surface area contributed by atoms with Gasteiger partial charge in [0, 0.05) is 22.8 Å². The largest absolute Gasteiger partial charge is 0.399 e. The lowest BCUT2D eigenvalue weighted by atomic mass is 10.2. The maximum atomic E-state index is 11.1. The molecule has 0 fully saturated rings. The van der Waals surface area contributed by atoms with Crippen molar-refractivity contribution < 1.29 is 0 Å². The lowest BCUT2D eigenvalue weighted by molar-refractivity contribution is 0.936. The molecular formula is C11H11N3OS. The van der Waals surface area contributed by atoms with Crippen molar-refractivity contribution >= 4 is 17.4 Å². The van der Waals surface area contributed by atoms with E-state index in [4.69, 9.17) is 5.73 Å². The van der Waals surface area contributed by atoms with E-state index in [2.05, 4.69) is 9.97 Å². The molecule has 1 heterocycles. The molecule has 0 amide bonds. The van der Waals surface area contributed by atoms with Gasteiger partial charge in [0.1, 0.15) is 0 Å². The molecule has 0 unspecified atom stereocenters. The van der Waals surface area contributed by atoms with Crippen LogP contribution in [0.1, 0.15) is 5.56 Å². The topological polar surface area (TPSA) is 71.8 Å². The fourth-order valence-corrected chi connectivity index (χ4v) is 2.28. The van der Waals surface area contributed by atoms with E-state index in [1.165, 1.54) is 24.0 Å². The number of benzene rings is 1. The molecule has 0 aliphatic carbocycles. The minimum Gasteiger partial charge on any atom is -0.399 e. The molecule has 0 radical (unpaired) electrons. The van der Waals surface area contributed by atoms with E-state index in [0.717, 1.165) is 10.5 Å². The van der Waals surface area contributed by atoms with E-state index in [1.54, 1.807) is 0 Å². The Kier molecular flexibility index (Phi) is 2.96. The number of hydrogen-bond acceptors (Lipinski definition) is 4. The van der Waals surface area contributed by atoms with Crippen LogP contribution in [0.4, 0.5) is 5.69 Å². The van der Waals surface area contributed by atoms with Crippen molar-refractivity contribution in [2.45, 2.75) is 17.0 Å². The van der Waals surface area contributed by atoms with Crippen LogP contribution in [0.15, 0.2) is 45.3 Å². The molecule has 4 nitrogen and oxygen atoms in total. The van der Waals surface area contributed by atoms with E-state index >= 15 is 0 Å². The summed E-state index contributed by atoms with van der Waals surface area (Å²) in [5.41, 5.74) is 7.38. The first-order chi connectivity index (χ1) is 7.63. The number of nitrogen functional groups attached to an aromatic ring is 1. The van der Waals surface area contributed by atoms with E-state index < -0.39 is 0 Å². The van der Waals surface area contributed by atoms with Crippen LogP contribution >= 0.6 is 11.8 Å². The fraction of sp³-hybridized carbons (Fsp3) is 0.0909. The van der Waals surface area contributed by atoms with Gasteiger partial charge in [0.25, 0.3) is 5.56 Å². The first kappa shape index (κ1) is 10.8. The van der Waals surface area contributed by atoms with Gasteiger partial charge in [0.15, 0.2) is 5.16 Å². The third kappa shape index (κ3) is 2.64. The number of aryl methyl sites for hydroxylation is 1. The zero-order chi connectivity index (χ0) is 11.5. The number of aromatic nitrogens is 2. The molecule has 0 aliphatic heterocycles. The SMILES string of the molecule is Cc1cc(N)cc(Sc2nccc(=O)[nH]2)c1. The summed E-state index contributed by atoms with van der Waals surface area (Å²) in [6.07, 6.45) is 1.49. The summed E-state index contributed by atoms with van der Waals surface area (Å²) in [6.45, 7) is 1.97. The fourth-order valence-electron chi connectivity index (χ4n) is 1.35. The second kappa shape index (κ2) is 4.40. The number of anilines is 1. The number of H-pyrrole nitrogens is 1. The number of hydrogen-bond donors (Lipinski definition) is 2. The molecule has 5 heteroatoms. The molecule has 0 aliphatic rings. The molecule has 2 rings (SSSR count). The number of aromatic amines is 1. The number of rotatable bonds is 2. The Labute approximate surface area is 96.9 Å². The van der Waals surface area contributed by atoms with Gasteiger partial charge >= 0.3 is 0 Å². The highest BCUT2D eigenvalue weighted by Crippen LogP contribution is 2.26. The first-order valence-electron chi connectivity index (χ1n) is 4.74. The summed E-state index contributed by atoms with van der Waals surface area (Å²) in [5, 5.41) is 0.567. The third-order valence-electron chi connectivity index (χ3n) is 1.94. The molecule has 2 aromatic rings. The Bertz CT molecular complexity index is 545. The van der Waals surface area contributed by atoms with Crippen molar-refractivity contribution in [1.29, 1.82) is 0 Å². The van der Waals surface area contributed by atoms with Crippen molar-refractivity contribution in [3.8, 4) is 0 Å². The Morgan fingerprint density at radius 1 is 1.38 bits per heavy atom. The number of nitrogens with two attached hydrogens (primary N) is 1. The highest BCUT2D eigenvalue weighted by atomic mass is 32.2. The van der Waals surface area contributed by atoms with Gasteiger partial charge in [-0.1, -0.05) is 11.8 Å². The summed E-state index contributed by atoms with van der Waals surface area (Å²) in [5.74, 6) is 0. The molecule has 1 aromatic carbocycles. The van der Waals surface area contributed by atoms with Crippen molar-refractivity contribution in [2.24, 2.45) is 0 Å². The van der Waals surface area contributed by atoms with Crippen LogP contribution in [0.5, 0.6) is 0 Å². The molecule has 0 saturated carbocycles. The highest BCUT2D eigenvalue weighted by molar-refractivity contribution is 7.99. The number of nitrogens with zero attached hydrogens (tertiary/aromatic N) is 1. The van der Waals surface area contributed by atoms with E-state index in [0.29, 0.717) is 10.8 Å². The van der Waals surface area contributed by atoms with Gasteiger partial charge in [0.2, 0.25) is 0 Å². The molecule has 3 N–H and O–H groups in total. The minimum absolute atomic E-state index is 0.155. The van der Waals surface area contributed by atoms with Gasteiger partial charge in [-0.15, -0.1) is 0 Å². The zero-order valence-electron chi connectivity index (χ0n) is 8.73. The van der Waals surface area contributed by atoms with Crippen molar-refractivity contribution in [3.05, 3.63) is 46.4 Å². The summed E-state index contributed by atoms with van der Waals surface area (Å²) in [6, 6.07) is 7.12. The standard InChI is InChI=1S/C11H11N3OS/c1-7-4-8(12)6-9(5-7)16-11-13-3-2-10(15)14-11/h2-6H,12H2,1H3,(H,13,14,15). The van der Waals surface area contributed by atoms with Crippen LogP contribution in [0.25, 0.3) is 0 Å². The predicted octanol–water partition coefficient (Wildman–Crippen LogP) is 1.81. The van der Waals surface area contributed by atoms with Crippen molar-refractivity contribution in [3.63, 3.8) is 0 Å². The Morgan fingerprint density at radius 3 is 2.88 bits per heavy atom. The molecule has 82 valence electrons.